The van der Waals surface area contributed by atoms with Gasteiger partial charge in [-0.1, -0.05) is 24.6 Å². The number of carbonyl (C=O) groups is 1. The number of rotatable bonds is 2. The number of imidazole rings is 1. The van der Waals surface area contributed by atoms with Gasteiger partial charge in [-0.15, -0.1) is 0 Å². The van der Waals surface area contributed by atoms with Crippen molar-refractivity contribution in [1.29, 1.82) is 0 Å². The third-order valence-corrected chi connectivity index (χ3v) is 6.55. The maximum atomic E-state index is 12.9. The summed E-state index contributed by atoms with van der Waals surface area (Å²) in [6, 6.07) is 8.42. The van der Waals surface area contributed by atoms with Gasteiger partial charge in [0.15, 0.2) is 6.61 Å². The Morgan fingerprint density at radius 2 is 2.03 bits per heavy atom. The van der Waals surface area contributed by atoms with Crippen LogP contribution in [0, 0.1) is 5.92 Å². The van der Waals surface area contributed by atoms with Crippen LogP contribution in [0.2, 0.25) is 0 Å². The minimum Gasteiger partial charge on any atom is -0.483 e. The van der Waals surface area contributed by atoms with Gasteiger partial charge in [0.25, 0.3) is 5.91 Å². The summed E-state index contributed by atoms with van der Waals surface area (Å²) < 4.78 is 8.01. The molecule has 2 aliphatic rings. The molecule has 2 atom stereocenters. The van der Waals surface area contributed by atoms with Crippen molar-refractivity contribution >= 4 is 5.91 Å². The zero-order valence-electron chi connectivity index (χ0n) is 17.6. The first-order chi connectivity index (χ1) is 14.1. The Hall–Kier alpha value is -2.34. The maximum Gasteiger partial charge on any atom is 0.260 e. The molecule has 156 valence electrons. The highest BCUT2D eigenvalue weighted by Crippen LogP contribution is 2.29. The summed E-state index contributed by atoms with van der Waals surface area (Å²) in [5.41, 5.74) is 1.21. The molecule has 0 radical (unpaired) electrons. The van der Waals surface area contributed by atoms with E-state index in [2.05, 4.69) is 33.6 Å². The van der Waals surface area contributed by atoms with Crippen LogP contribution < -0.4 is 4.74 Å². The predicted octanol–water partition coefficient (Wildman–Crippen LogP) is 2.87. The van der Waals surface area contributed by atoms with Gasteiger partial charge in [-0.25, -0.2) is 4.98 Å². The number of hydrogen-bond acceptors (Lipinski definition) is 4. The molecule has 0 unspecified atom stereocenters. The molecule has 0 aliphatic carbocycles. The molecule has 0 bridgehead atoms. The number of fused-ring (bicyclic) bond motifs is 2. The molecule has 6 nitrogen and oxygen atoms in total. The van der Waals surface area contributed by atoms with E-state index in [0.717, 1.165) is 56.9 Å². The largest absolute Gasteiger partial charge is 0.483 e. The number of likely N-dealkylation sites (N-methyl/N-ethyl adjacent to an activating group) is 1. The van der Waals surface area contributed by atoms with Crippen LogP contribution in [0.25, 0.3) is 0 Å². The van der Waals surface area contributed by atoms with Gasteiger partial charge in [0.1, 0.15) is 11.6 Å². The number of para-hydroxylation sites is 1. The molecule has 1 aromatic heterocycles. The standard InChI is InChI=1S/C23H32N4O2/c1-25-14-12-24-22(25)16-27-13-11-20-19(15-27)9-4-3-7-18-8-5-6-10-21(18)29-17-23(28)26(20)2/h5-6,8,10,12,14,19-20H,3-4,7,9,11,13,15-17H2,1-2H3/t19-,20+/m0/s1. The van der Waals surface area contributed by atoms with E-state index in [1.807, 2.05) is 36.5 Å². The van der Waals surface area contributed by atoms with Crippen molar-refractivity contribution < 1.29 is 9.53 Å². The maximum absolute atomic E-state index is 12.9. The van der Waals surface area contributed by atoms with E-state index in [4.69, 9.17) is 4.74 Å². The molecular formula is C23H32N4O2. The zero-order valence-corrected chi connectivity index (χ0v) is 17.6. The fourth-order valence-electron chi connectivity index (χ4n) is 4.78. The fourth-order valence-corrected chi connectivity index (χ4v) is 4.78. The molecule has 0 N–H and O–H groups in total. The van der Waals surface area contributed by atoms with Gasteiger partial charge in [0, 0.05) is 45.6 Å². The first kappa shape index (κ1) is 20.0. The van der Waals surface area contributed by atoms with Gasteiger partial charge >= 0.3 is 0 Å². The normalized spacial score (nSPS) is 24.1. The molecule has 3 heterocycles. The van der Waals surface area contributed by atoms with Crippen LogP contribution in [0.1, 0.15) is 37.1 Å². The molecule has 29 heavy (non-hydrogen) atoms. The van der Waals surface area contributed by atoms with Crippen LogP contribution in [0.15, 0.2) is 36.7 Å². The van der Waals surface area contributed by atoms with Crippen molar-refractivity contribution in [3.8, 4) is 5.75 Å². The summed E-state index contributed by atoms with van der Waals surface area (Å²) in [6.45, 7) is 3.01. The zero-order chi connectivity index (χ0) is 20.2. The molecule has 4 rings (SSSR count). The number of nitrogens with zero attached hydrogens (tertiary/aromatic N) is 4. The van der Waals surface area contributed by atoms with Crippen molar-refractivity contribution in [2.45, 2.75) is 44.7 Å². The quantitative estimate of drug-likeness (QED) is 0.783. The van der Waals surface area contributed by atoms with Gasteiger partial charge in [-0.3, -0.25) is 9.69 Å². The van der Waals surface area contributed by atoms with E-state index in [1.54, 1.807) is 0 Å². The Kier molecular flexibility index (Phi) is 6.19. The van der Waals surface area contributed by atoms with Crippen LogP contribution in [0.4, 0.5) is 0 Å². The average Bonchev–Trinajstić information content (AvgIpc) is 3.13. The highest BCUT2D eigenvalue weighted by Gasteiger charge is 2.34. The number of hydrogen-bond donors (Lipinski definition) is 0. The van der Waals surface area contributed by atoms with Crippen LogP contribution >= 0.6 is 0 Å². The second kappa shape index (κ2) is 8.99. The Labute approximate surface area is 173 Å². The molecular weight excluding hydrogens is 364 g/mol. The summed E-state index contributed by atoms with van der Waals surface area (Å²) >= 11 is 0. The second-order valence-electron chi connectivity index (χ2n) is 8.45. The third-order valence-electron chi connectivity index (χ3n) is 6.55. The van der Waals surface area contributed by atoms with E-state index in [1.165, 1.54) is 12.0 Å². The van der Waals surface area contributed by atoms with Crippen LogP contribution in [-0.4, -0.2) is 58.0 Å². The van der Waals surface area contributed by atoms with E-state index in [-0.39, 0.29) is 12.5 Å². The lowest BCUT2D eigenvalue weighted by molar-refractivity contribution is -0.136. The minimum absolute atomic E-state index is 0.0768. The van der Waals surface area contributed by atoms with E-state index >= 15 is 0 Å². The smallest absolute Gasteiger partial charge is 0.260 e. The SMILES string of the molecule is CN1C(=O)COc2ccccc2CCCC[C@H]2CN(Cc3nccn3C)CC[C@H]21. The van der Waals surface area contributed by atoms with Gasteiger partial charge in [0.2, 0.25) is 0 Å². The Balaban J connectivity index is 1.47. The van der Waals surface area contributed by atoms with Crippen molar-refractivity contribution in [3.05, 3.63) is 48.0 Å². The Bertz CT molecular complexity index is 834. The molecule has 0 saturated carbocycles. The highest BCUT2D eigenvalue weighted by atomic mass is 16.5. The lowest BCUT2D eigenvalue weighted by Gasteiger charge is -2.43. The molecule has 1 saturated heterocycles. The first-order valence-electron chi connectivity index (χ1n) is 10.8. The molecule has 2 aromatic rings. The monoisotopic (exact) mass is 396 g/mol. The number of amides is 1. The molecule has 1 aromatic carbocycles. The molecule has 1 amide bonds. The number of likely N-dealkylation sites (tertiary alicyclic amines) is 1. The van der Waals surface area contributed by atoms with Crippen LogP contribution in [0.5, 0.6) is 5.75 Å². The van der Waals surface area contributed by atoms with Crippen molar-refractivity contribution in [1.82, 2.24) is 19.4 Å². The average molecular weight is 397 g/mol. The molecule has 0 spiro atoms. The number of aromatic nitrogens is 2. The molecule has 6 heteroatoms. The van der Waals surface area contributed by atoms with Crippen molar-refractivity contribution in [3.63, 3.8) is 0 Å². The van der Waals surface area contributed by atoms with Crippen LogP contribution in [-0.2, 0) is 24.8 Å². The second-order valence-corrected chi connectivity index (χ2v) is 8.45. The van der Waals surface area contributed by atoms with Gasteiger partial charge in [0.05, 0.1) is 6.54 Å². The third kappa shape index (κ3) is 4.64. The summed E-state index contributed by atoms with van der Waals surface area (Å²) in [5.74, 6) is 2.53. The fraction of sp³-hybridized carbons (Fsp3) is 0.565. The van der Waals surface area contributed by atoms with E-state index in [0.29, 0.717) is 12.0 Å². The number of benzene rings is 1. The lowest BCUT2D eigenvalue weighted by atomic mass is 9.86. The highest BCUT2D eigenvalue weighted by molar-refractivity contribution is 5.78. The number of piperidine rings is 1. The Morgan fingerprint density at radius 3 is 2.86 bits per heavy atom. The summed E-state index contributed by atoms with van der Waals surface area (Å²) in [6.07, 6.45) is 9.37. The van der Waals surface area contributed by atoms with Crippen molar-refractivity contribution in [2.24, 2.45) is 13.0 Å². The summed E-state index contributed by atoms with van der Waals surface area (Å²) in [7, 11) is 4.00. The van der Waals surface area contributed by atoms with E-state index < -0.39 is 0 Å². The molecule has 2 aliphatic heterocycles. The Morgan fingerprint density at radius 1 is 1.17 bits per heavy atom. The number of aryl methyl sites for hydroxylation is 2. The summed E-state index contributed by atoms with van der Waals surface area (Å²) in [5, 5.41) is 0. The van der Waals surface area contributed by atoms with Gasteiger partial charge < -0.3 is 14.2 Å². The number of ether oxygens (including phenoxy) is 1. The minimum atomic E-state index is 0.0768. The number of carbonyl (C=O) groups excluding carboxylic acids is 1. The van der Waals surface area contributed by atoms with Gasteiger partial charge in [-0.2, -0.15) is 0 Å². The topological polar surface area (TPSA) is 50.6 Å². The van der Waals surface area contributed by atoms with E-state index in [9.17, 15) is 4.79 Å². The van der Waals surface area contributed by atoms with Gasteiger partial charge in [-0.05, 0) is 43.2 Å². The molecule has 1 fully saturated rings. The summed E-state index contributed by atoms with van der Waals surface area (Å²) in [4.78, 5) is 21.8. The predicted molar refractivity (Wildman–Crippen MR) is 113 cm³/mol. The van der Waals surface area contributed by atoms with Crippen LogP contribution in [0.3, 0.4) is 0 Å². The van der Waals surface area contributed by atoms with Crippen molar-refractivity contribution in [2.75, 3.05) is 26.7 Å². The first-order valence-corrected chi connectivity index (χ1v) is 10.8. The lowest BCUT2D eigenvalue weighted by Crippen LogP contribution is -2.52.